The third-order valence-electron chi connectivity index (χ3n) is 4.56. The zero-order valence-electron chi connectivity index (χ0n) is 15.3. The van der Waals surface area contributed by atoms with Gasteiger partial charge in [0.2, 0.25) is 11.8 Å². The lowest BCUT2D eigenvalue weighted by molar-refractivity contribution is -0.126. The van der Waals surface area contributed by atoms with Crippen LogP contribution >= 0.6 is 11.6 Å². The van der Waals surface area contributed by atoms with Crippen LogP contribution in [0.1, 0.15) is 18.9 Å². The fourth-order valence-electron chi connectivity index (χ4n) is 3.19. The molecule has 2 amide bonds. The molecule has 1 fully saturated rings. The number of hydrogen-bond donors (Lipinski definition) is 1. The average molecular weight is 387 g/mol. The summed E-state index contributed by atoms with van der Waals surface area (Å²) >= 11 is 5.97. The molecule has 1 N–H and O–H groups in total. The molecule has 0 unspecified atom stereocenters. The molecule has 1 aliphatic rings. The Morgan fingerprint density at radius 1 is 1.26 bits per heavy atom. The van der Waals surface area contributed by atoms with Crippen molar-refractivity contribution in [3.05, 3.63) is 59.1 Å². The SMILES string of the molecule is CCOc1ccc(N2C[C@H](C(=O)NCCc3cccc(Cl)c3)CC2=O)cc1. The topological polar surface area (TPSA) is 58.6 Å². The fraction of sp³-hybridized carbons (Fsp3) is 0.333. The molecule has 1 saturated heterocycles. The van der Waals surface area contributed by atoms with E-state index in [1.807, 2.05) is 55.5 Å². The van der Waals surface area contributed by atoms with Gasteiger partial charge in [0.25, 0.3) is 0 Å². The first-order chi connectivity index (χ1) is 13.1. The number of hydrogen-bond acceptors (Lipinski definition) is 3. The molecule has 27 heavy (non-hydrogen) atoms. The summed E-state index contributed by atoms with van der Waals surface area (Å²) in [4.78, 5) is 26.4. The summed E-state index contributed by atoms with van der Waals surface area (Å²) in [6.07, 6.45) is 0.936. The summed E-state index contributed by atoms with van der Waals surface area (Å²) in [5.74, 6) is 0.319. The molecule has 3 rings (SSSR count). The molecule has 2 aromatic rings. The van der Waals surface area contributed by atoms with Crippen LogP contribution in [0.25, 0.3) is 0 Å². The largest absolute Gasteiger partial charge is 0.494 e. The van der Waals surface area contributed by atoms with E-state index in [9.17, 15) is 9.59 Å². The molecular formula is C21H23ClN2O3. The highest BCUT2D eigenvalue weighted by atomic mass is 35.5. The summed E-state index contributed by atoms with van der Waals surface area (Å²) < 4.78 is 5.42. The van der Waals surface area contributed by atoms with E-state index >= 15 is 0 Å². The maximum atomic E-state index is 12.4. The van der Waals surface area contributed by atoms with Crippen molar-refractivity contribution in [3.8, 4) is 5.75 Å². The Morgan fingerprint density at radius 2 is 2.04 bits per heavy atom. The van der Waals surface area contributed by atoms with E-state index in [1.165, 1.54) is 0 Å². The van der Waals surface area contributed by atoms with Crippen molar-refractivity contribution in [2.75, 3.05) is 24.6 Å². The van der Waals surface area contributed by atoms with Crippen LogP contribution in [-0.4, -0.2) is 31.5 Å². The van der Waals surface area contributed by atoms with Gasteiger partial charge in [-0.1, -0.05) is 23.7 Å². The lowest BCUT2D eigenvalue weighted by Crippen LogP contribution is -2.34. The Bertz CT molecular complexity index is 807. The van der Waals surface area contributed by atoms with Gasteiger partial charge in [-0.2, -0.15) is 0 Å². The first-order valence-electron chi connectivity index (χ1n) is 9.12. The number of anilines is 1. The maximum absolute atomic E-state index is 12.4. The first kappa shape index (κ1) is 19.2. The molecule has 0 radical (unpaired) electrons. The molecule has 0 aromatic heterocycles. The second-order valence-corrected chi connectivity index (χ2v) is 6.94. The second-order valence-electron chi connectivity index (χ2n) is 6.50. The van der Waals surface area contributed by atoms with Gasteiger partial charge >= 0.3 is 0 Å². The highest BCUT2D eigenvalue weighted by Gasteiger charge is 2.34. The van der Waals surface area contributed by atoms with Crippen LogP contribution in [0, 0.1) is 5.92 Å². The number of carbonyl (C=O) groups excluding carboxylic acids is 2. The Kier molecular flexibility index (Phi) is 6.35. The van der Waals surface area contributed by atoms with Crippen LogP contribution in [0.15, 0.2) is 48.5 Å². The molecule has 1 atom stereocenters. The van der Waals surface area contributed by atoms with Crippen molar-refractivity contribution in [2.24, 2.45) is 5.92 Å². The Balaban J connectivity index is 1.52. The van der Waals surface area contributed by atoms with Gasteiger partial charge in [0.15, 0.2) is 0 Å². The monoisotopic (exact) mass is 386 g/mol. The number of amides is 2. The van der Waals surface area contributed by atoms with Crippen LogP contribution in [0.4, 0.5) is 5.69 Å². The number of nitrogens with one attached hydrogen (secondary N) is 1. The Hall–Kier alpha value is -2.53. The lowest BCUT2D eigenvalue weighted by atomic mass is 10.1. The molecule has 0 bridgehead atoms. The number of carbonyl (C=O) groups is 2. The number of benzene rings is 2. The molecule has 5 nitrogen and oxygen atoms in total. The highest BCUT2D eigenvalue weighted by Crippen LogP contribution is 2.27. The molecule has 0 aliphatic carbocycles. The van der Waals surface area contributed by atoms with Crippen molar-refractivity contribution in [3.63, 3.8) is 0 Å². The zero-order valence-corrected chi connectivity index (χ0v) is 16.0. The number of halogens is 1. The van der Waals surface area contributed by atoms with Gasteiger partial charge in [0, 0.05) is 30.2 Å². The second kappa shape index (κ2) is 8.91. The third kappa shape index (κ3) is 5.01. The first-order valence-corrected chi connectivity index (χ1v) is 9.50. The smallest absolute Gasteiger partial charge is 0.227 e. The van der Waals surface area contributed by atoms with Gasteiger partial charge in [0.1, 0.15) is 5.75 Å². The van der Waals surface area contributed by atoms with Crippen LogP contribution in [-0.2, 0) is 16.0 Å². The summed E-state index contributed by atoms with van der Waals surface area (Å²) in [5.41, 5.74) is 1.86. The van der Waals surface area contributed by atoms with E-state index in [1.54, 1.807) is 4.90 Å². The highest BCUT2D eigenvalue weighted by molar-refractivity contribution is 6.30. The summed E-state index contributed by atoms with van der Waals surface area (Å²) in [5, 5.41) is 3.62. The van der Waals surface area contributed by atoms with Crippen LogP contribution in [0.5, 0.6) is 5.75 Å². The minimum atomic E-state index is -0.330. The fourth-order valence-corrected chi connectivity index (χ4v) is 3.40. The van der Waals surface area contributed by atoms with E-state index in [4.69, 9.17) is 16.3 Å². The van der Waals surface area contributed by atoms with Crippen molar-refractivity contribution in [1.29, 1.82) is 0 Å². The third-order valence-corrected chi connectivity index (χ3v) is 4.79. The summed E-state index contributed by atoms with van der Waals surface area (Å²) in [6.45, 7) is 3.44. The van der Waals surface area contributed by atoms with E-state index < -0.39 is 0 Å². The van der Waals surface area contributed by atoms with E-state index in [2.05, 4.69) is 5.32 Å². The van der Waals surface area contributed by atoms with E-state index in [0.717, 1.165) is 17.0 Å². The normalized spacial score (nSPS) is 16.4. The minimum absolute atomic E-state index is 0.0332. The molecule has 2 aromatic carbocycles. The van der Waals surface area contributed by atoms with Crippen molar-refractivity contribution in [1.82, 2.24) is 5.32 Å². The molecule has 0 spiro atoms. The Labute approximate surface area is 164 Å². The van der Waals surface area contributed by atoms with Gasteiger partial charge in [-0.25, -0.2) is 0 Å². The number of ether oxygens (including phenoxy) is 1. The molecule has 142 valence electrons. The van der Waals surface area contributed by atoms with Gasteiger partial charge in [-0.3, -0.25) is 9.59 Å². The van der Waals surface area contributed by atoms with Gasteiger partial charge in [-0.05, 0) is 55.3 Å². The molecule has 1 aliphatic heterocycles. The summed E-state index contributed by atoms with van der Waals surface area (Å²) in [6, 6.07) is 15.0. The Morgan fingerprint density at radius 3 is 2.74 bits per heavy atom. The zero-order chi connectivity index (χ0) is 19.2. The van der Waals surface area contributed by atoms with Gasteiger partial charge in [-0.15, -0.1) is 0 Å². The molecule has 0 saturated carbocycles. The van der Waals surface area contributed by atoms with Crippen molar-refractivity contribution in [2.45, 2.75) is 19.8 Å². The van der Waals surface area contributed by atoms with E-state index in [0.29, 0.717) is 31.1 Å². The standard InChI is InChI=1S/C21H23ClN2O3/c1-2-27-19-8-6-18(7-9-19)24-14-16(13-20(24)25)21(26)23-11-10-15-4-3-5-17(22)12-15/h3-9,12,16H,2,10-11,13-14H2,1H3,(H,23,26)/t16-/m1/s1. The lowest BCUT2D eigenvalue weighted by Gasteiger charge is -2.17. The van der Waals surface area contributed by atoms with Crippen LogP contribution in [0.3, 0.4) is 0 Å². The molecular weight excluding hydrogens is 364 g/mol. The predicted octanol–water partition coefficient (Wildman–Crippen LogP) is 3.45. The van der Waals surface area contributed by atoms with Crippen LogP contribution < -0.4 is 15.0 Å². The summed E-state index contributed by atoms with van der Waals surface area (Å²) in [7, 11) is 0. The minimum Gasteiger partial charge on any atom is -0.494 e. The maximum Gasteiger partial charge on any atom is 0.227 e. The van der Waals surface area contributed by atoms with Gasteiger partial charge in [0.05, 0.1) is 12.5 Å². The van der Waals surface area contributed by atoms with E-state index in [-0.39, 0.29) is 24.2 Å². The molecule has 6 heteroatoms. The number of nitrogens with zero attached hydrogens (tertiary/aromatic N) is 1. The number of rotatable bonds is 7. The molecule has 1 heterocycles. The van der Waals surface area contributed by atoms with Crippen LogP contribution in [0.2, 0.25) is 5.02 Å². The quantitative estimate of drug-likeness (QED) is 0.792. The average Bonchev–Trinajstić information content (AvgIpc) is 3.04. The van der Waals surface area contributed by atoms with Gasteiger partial charge < -0.3 is 15.0 Å². The predicted molar refractivity (Wildman–Crippen MR) is 106 cm³/mol. The van der Waals surface area contributed by atoms with Crippen molar-refractivity contribution >= 4 is 29.1 Å². The van der Waals surface area contributed by atoms with Crippen molar-refractivity contribution < 1.29 is 14.3 Å².